The summed E-state index contributed by atoms with van der Waals surface area (Å²) in [5.74, 6) is 0.784. The fourth-order valence-electron chi connectivity index (χ4n) is 2.94. The third-order valence-electron chi connectivity index (χ3n) is 4.42. The van der Waals surface area contributed by atoms with Crippen LogP contribution in [0.15, 0.2) is 72.0 Å². The molecule has 0 aliphatic carbocycles. The molecule has 156 valence electrons. The lowest BCUT2D eigenvalue weighted by molar-refractivity contribution is -0.119. The van der Waals surface area contributed by atoms with E-state index >= 15 is 0 Å². The van der Waals surface area contributed by atoms with Crippen molar-refractivity contribution < 1.29 is 9.53 Å². The van der Waals surface area contributed by atoms with Gasteiger partial charge in [-0.15, -0.1) is 0 Å². The predicted octanol–water partition coefficient (Wildman–Crippen LogP) is 1.66. The van der Waals surface area contributed by atoms with E-state index < -0.39 is 5.91 Å². The second-order valence-corrected chi connectivity index (χ2v) is 6.65. The van der Waals surface area contributed by atoms with Crippen molar-refractivity contribution in [2.75, 3.05) is 13.7 Å². The van der Waals surface area contributed by atoms with Crippen LogP contribution in [-0.4, -0.2) is 35.3 Å². The van der Waals surface area contributed by atoms with E-state index in [2.05, 4.69) is 32.9 Å². The van der Waals surface area contributed by atoms with E-state index in [0.717, 1.165) is 12.1 Å². The van der Waals surface area contributed by atoms with Crippen LogP contribution in [0.1, 0.15) is 16.7 Å². The zero-order chi connectivity index (χ0) is 21.2. The molecule has 2 aromatic carbocycles. The number of nitrogens with one attached hydrogen (secondary N) is 2. The molecule has 0 aliphatic rings. The zero-order valence-corrected chi connectivity index (χ0v) is 16.9. The van der Waals surface area contributed by atoms with Gasteiger partial charge in [-0.3, -0.25) is 14.5 Å². The highest BCUT2D eigenvalue weighted by Gasteiger charge is 2.05. The standard InChI is InChI=1S/C22H26N6O2/c1-24-22(25-13-17-6-4-9-20(12-17)30-16-21(23)29)26-14-18-7-2-3-8-19(18)15-28-11-5-10-27-28/h2-12H,13-16H2,1H3,(H2,23,29)(H2,24,25,26). The number of benzene rings is 2. The highest BCUT2D eigenvalue weighted by atomic mass is 16.5. The fraction of sp³-hybridized carbons (Fsp3) is 0.227. The normalized spacial score (nSPS) is 11.2. The van der Waals surface area contributed by atoms with Crippen molar-refractivity contribution in [2.45, 2.75) is 19.6 Å². The average Bonchev–Trinajstić information content (AvgIpc) is 3.27. The first-order chi connectivity index (χ1) is 14.6. The Morgan fingerprint density at radius 3 is 2.63 bits per heavy atom. The molecule has 0 saturated carbocycles. The predicted molar refractivity (Wildman–Crippen MR) is 116 cm³/mol. The number of aromatic nitrogens is 2. The molecule has 0 aliphatic heterocycles. The van der Waals surface area contributed by atoms with Gasteiger partial charge in [0.2, 0.25) is 0 Å². The van der Waals surface area contributed by atoms with Gasteiger partial charge >= 0.3 is 0 Å². The summed E-state index contributed by atoms with van der Waals surface area (Å²) < 4.78 is 7.25. The monoisotopic (exact) mass is 406 g/mol. The van der Waals surface area contributed by atoms with Crippen LogP contribution < -0.4 is 21.1 Å². The van der Waals surface area contributed by atoms with Gasteiger partial charge in [-0.25, -0.2) is 0 Å². The molecule has 0 bridgehead atoms. The summed E-state index contributed by atoms with van der Waals surface area (Å²) in [5.41, 5.74) is 8.49. The smallest absolute Gasteiger partial charge is 0.255 e. The van der Waals surface area contributed by atoms with E-state index in [0.29, 0.717) is 24.8 Å². The van der Waals surface area contributed by atoms with Crippen LogP contribution in [0.2, 0.25) is 0 Å². The first-order valence-electron chi connectivity index (χ1n) is 9.63. The number of ether oxygens (including phenoxy) is 1. The highest BCUT2D eigenvalue weighted by molar-refractivity contribution is 5.79. The van der Waals surface area contributed by atoms with Crippen LogP contribution in [0.3, 0.4) is 0 Å². The third-order valence-corrected chi connectivity index (χ3v) is 4.42. The molecule has 8 nitrogen and oxygen atoms in total. The van der Waals surface area contributed by atoms with E-state index in [1.165, 1.54) is 11.1 Å². The summed E-state index contributed by atoms with van der Waals surface area (Å²) in [7, 11) is 1.73. The number of aliphatic imine (C=N–C) groups is 1. The largest absolute Gasteiger partial charge is 0.484 e. The minimum absolute atomic E-state index is 0.141. The number of hydrogen-bond acceptors (Lipinski definition) is 4. The zero-order valence-electron chi connectivity index (χ0n) is 16.9. The highest BCUT2D eigenvalue weighted by Crippen LogP contribution is 2.13. The van der Waals surface area contributed by atoms with Gasteiger partial charge in [0.05, 0.1) is 6.54 Å². The summed E-state index contributed by atoms with van der Waals surface area (Å²) in [6.07, 6.45) is 3.73. The number of nitrogens with two attached hydrogens (primary N) is 1. The topological polar surface area (TPSA) is 107 Å². The molecule has 0 fully saturated rings. The Balaban J connectivity index is 1.55. The molecule has 30 heavy (non-hydrogen) atoms. The van der Waals surface area contributed by atoms with Crippen LogP contribution in [0.25, 0.3) is 0 Å². The van der Waals surface area contributed by atoms with Gasteiger partial charge in [0.25, 0.3) is 5.91 Å². The van der Waals surface area contributed by atoms with Crippen LogP contribution in [0.4, 0.5) is 0 Å². The molecular weight excluding hydrogens is 380 g/mol. The van der Waals surface area contributed by atoms with E-state index in [1.54, 1.807) is 19.3 Å². The molecule has 0 unspecified atom stereocenters. The van der Waals surface area contributed by atoms with Crippen LogP contribution in [0, 0.1) is 0 Å². The molecule has 1 heterocycles. The Morgan fingerprint density at radius 1 is 1.10 bits per heavy atom. The summed E-state index contributed by atoms with van der Waals surface area (Å²) in [6.45, 7) is 1.77. The summed E-state index contributed by atoms with van der Waals surface area (Å²) >= 11 is 0. The molecule has 0 saturated heterocycles. The van der Waals surface area contributed by atoms with Crippen LogP contribution in [-0.2, 0) is 24.4 Å². The fourth-order valence-corrected chi connectivity index (χ4v) is 2.94. The molecule has 0 radical (unpaired) electrons. The van der Waals surface area contributed by atoms with Gasteiger partial charge < -0.3 is 21.1 Å². The molecule has 0 atom stereocenters. The summed E-state index contributed by atoms with van der Waals surface area (Å²) in [6, 6.07) is 17.7. The Bertz CT molecular complexity index is 985. The Kier molecular flexibility index (Phi) is 7.43. The number of carbonyl (C=O) groups is 1. The van der Waals surface area contributed by atoms with Crippen molar-refractivity contribution in [1.82, 2.24) is 20.4 Å². The van der Waals surface area contributed by atoms with Crippen LogP contribution in [0.5, 0.6) is 5.75 Å². The Labute approximate surface area is 175 Å². The van der Waals surface area contributed by atoms with Gasteiger partial charge in [0.15, 0.2) is 12.6 Å². The molecular formula is C22H26N6O2. The van der Waals surface area contributed by atoms with Gasteiger partial charge in [0.1, 0.15) is 5.75 Å². The van der Waals surface area contributed by atoms with E-state index in [9.17, 15) is 4.79 Å². The second kappa shape index (κ2) is 10.7. The first-order valence-corrected chi connectivity index (χ1v) is 9.63. The van der Waals surface area contributed by atoms with Gasteiger partial charge in [0, 0.05) is 32.5 Å². The molecule has 1 amide bonds. The van der Waals surface area contributed by atoms with Crippen molar-refractivity contribution >= 4 is 11.9 Å². The molecule has 8 heteroatoms. The Hall–Kier alpha value is -3.81. The number of nitrogens with zero attached hydrogens (tertiary/aromatic N) is 3. The number of guanidine groups is 1. The Morgan fingerprint density at radius 2 is 1.90 bits per heavy atom. The van der Waals surface area contributed by atoms with Crippen molar-refractivity contribution in [2.24, 2.45) is 10.7 Å². The minimum atomic E-state index is -0.504. The van der Waals surface area contributed by atoms with E-state index in [-0.39, 0.29) is 6.61 Å². The lowest BCUT2D eigenvalue weighted by Gasteiger charge is -2.15. The number of primary amides is 1. The maximum Gasteiger partial charge on any atom is 0.255 e. The van der Waals surface area contributed by atoms with Gasteiger partial charge in [-0.05, 0) is 34.9 Å². The van der Waals surface area contributed by atoms with Crippen molar-refractivity contribution in [1.29, 1.82) is 0 Å². The SMILES string of the molecule is CN=C(NCc1cccc(OCC(N)=O)c1)NCc1ccccc1Cn1cccn1. The maximum absolute atomic E-state index is 10.9. The van der Waals surface area contributed by atoms with E-state index in [1.807, 2.05) is 47.3 Å². The second-order valence-electron chi connectivity index (χ2n) is 6.65. The maximum atomic E-state index is 10.9. The number of hydrogen-bond donors (Lipinski definition) is 3. The summed E-state index contributed by atoms with van der Waals surface area (Å²) in [5, 5.41) is 10.9. The average molecular weight is 406 g/mol. The third kappa shape index (κ3) is 6.37. The number of rotatable bonds is 9. The first kappa shape index (κ1) is 20.9. The molecule has 0 spiro atoms. The van der Waals surface area contributed by atoms with E-state index in [4.69, 9.17) is 10.5 Å². The van der Waals surface area contributed by atoms with Crippen molar-refractivity contribution in [3.8, 4) is 5.75 Å². The van der Waals surface area contributed by atoms with Crippen molar-refractivity contribution in [3.05, 3.63) is 83.7 Å². The lowest BCUT2D eigenvalue weighted by Crippen LogP contribution is -2.36. The van der Waals surface area contributed by atoms with Crippen LogP contribution >= 0.6 is 0 Å². The quantitative estimate of drug-likeness (QED) is 0.370. The molecule has 4 N–H and O–H groups in total. The van der Waals surface area contributed by atoms with Gasteiger partial charge in [-0.2, -0.15) is 5.10 Å². The number of carbonyl (C=O) groups excluding carboxylic acids is 1. The molecule has 1 aromatic heterocycles. The summed E-state index contributed by atoms with van der Waals surface area (Å²) in [4.78, 5) is 15.2. The lowest BCUT2D eigenvalue weighted by atomic mass is 10.1. The van der Waals surface area contributed by atoms with Gasteiger partial charge in [-0.1, -0.05) is 36.4 Å². The molecule has 3 rings (SSSR count). The molecule has 3 aromatic rings. The van der Waals surface area contributed by atoms with Crippen molar-refractivity contribution in [3.63, 3.8) is 0 Å². The minimum Gasteiger partial charge on any atom is -0.484 e. The number of amides is 1.